The Labute approximate surface area is 236 Å². The molecule has 2 saturated heterocycles. The van der Waals surface area contributed by atoms with Crippen LogP contribution in [0.1, 0.15) is 43.0 Å². The molecule has 2 atom stereocenters. The average Bonchev–Trinajstić information content (AvgIpc) is 3.68. The molecular formula is C29H34N4O6S. The van der Waals surface area contributed by atoms with Gasteiger partial charge in [0.05, 0.1) is 42.0 Å². The summed E-state index contributed by atoms with van der Waals surface area (Å²) in [6.45, 7) is 4.66. The second-order valence-corrected chi connectivity index (χ2v) is 10.8. The van der Waals surface area contributed by atoms with E-state index >= 15 is 0 Å². The first-order valence-corrected chi connectivity index (χ1v) is 14.7. The first-order chi connectivity index (χ1) is 19.5. The van der Waals surface area contributed by atoms with Crippen molar-refractivity contribution in [2.24, 2.45) is 0 Å². The summed E-state index contributed by atoms with van der Waals surface area (Å²) < 4.78 is 18.4. The van der Waals surface area contributed by atoms with Crippen molar-refractivity contribution in [2.45, 2.75) is 56.5 Å². The lowest BCUT2D eigenvalue weighted by molar-refractivity contribution is -0.113. The molecule has 2 aliphatic rings. The van der Waals surface area contributed by atoms with E-state index in [1.165, 1.54) is 11.8 Å². The van der Waals surface area contributed by atoms with Crippen molar-refractivity contribution in [3.63, 3.8) is 0 Å². The number of nitrogens with one attached hydrogen (secondary N) is 2. The molecule has 5 rings (SSSR count). The van der Waals surface area contributed by atoms with Gasteiger partial charge in [0.15, 0.2) is 5.16 Å². The lowest BCUT2D eigenvalue weighted by Gasteiger charge is -2.17. The van der Waals surface area contributed by atoms with Crippen LogP contribution in [0.5, 0.6) is 5.75 Å². The molecule has 212 valence electrons. The fourth-order valence-corrected chi connectivity index (χ4v) is 5.66. The second kappa shape index (κ2) is 13.3. The molecule has 2 fully saturated rings. The van der Waals surface area contributed by atoms with Crippen LogP contribution in [0.15, 0.2) is 52.4 Å². The predicted molar refractivity (Wildman–Crippen MR) is 153 cm³/mol. The number of fused-ring (bicyclic) bond motifs is 1. The van der Waals surface area contributed by atoms with E-state index in [4.69, 9.17) is 19.2 Å². The first-order valence-electron chi connectivity index (χ1n) is 13.7. The van der Waals surface area contributed by atoms with Crippen molar-refractivity contribution in [2.75, 3.05) is 37.4 Å². The number of aromatic nitrogens is 2. The van der Waals surface area contributed by atoms with Crippen LogP contribution in [-0.4, -0.2) is 65.7 Å². The molecule has 2 N–H and O–H groups in total. The van der Waals surface area contributed by atoms with Gasteiger partial charge in [-0.2, -0.15) is 0 Å². The minimum absolute atomic E-state index is 0.0318. The molecule has 0 spiro atoms. The van der Waals surface area contributed by atoms with E-state index in [9.17, 15) is 14.4 Å². The SMILES string of the molecule is CCOc1ccc(NC(=O)CSc2nc3cc(C(=O)NC[C@H]4CCCO4)ccc3c(=O)n2C[C@@H]2CCCO2)cc1. The van der Waals surface area contributed by atoms with E-state index in [1.807, 2.05) is 6.92 Å². The van der Waals surface area contributed by atoms with Crippen LogP contribution < -0.4 is 20.9 Å². The quantitative estimate of drug-likeness (QED) is 0.267. The molecule has 10 nitrogen and oxygen atoms in total. The number of hydrogen-bond donors (Lipinski definition) is 2. The van der Waals surface area contributed by atoms with Crippen LogP contribution in [0.3, 0.4) is 0 Å². The number of thioether (sulfide) groups is 1. The second-order valence-electron chi connectivity index (χ2n) is 9.82. The van der Waals surface area contributed by atoms with Gasteiger partial charge in [-0.1, -0.05) is 11.8 Å². The Balaban J connectivity index is 1.34. The van der Waals surface area contributed by atoms with Gasteiger partial charge < -0.3 is 24.8 Å². The minimum Gasteiger partial charge on any atom is -0.494 e. The van der Waals surface area contributed by atoms with E-state index < -0.39 is 0 Å². The maximum Gasteiger partial charge on any atom is 0.262 e. The Kier molecular flexibility index (Phi) is 9.35. The molecule has 2 aliphatic heterocycles. The van der Waals surface area contributed by atoms with E-state index in [2.05, 4.69) is 10.6 Å². The predicted octanol–water partition coefficient (Wildman–Crippen LogP) is 3.61. The molecule has 0 aliphatic carbocycles. The highest BCUT2D eigenvalue weighted by Gasteiger charge is 2.22. The Morgan fingerprint density at radius 3 is 2.52 bits per heavy atom. The third kappa shape index (κ3) is 7.01. The fraction of sp³-hybridized carbons (Fsp3) is 0.448. The molecule has 11 heteroatoms. The van der Waals surface area contributed by atoms with E-state index in [0.717, 1.165) is 38.0 Å². The fourth-order valence-electron chi connectivity index (χ4n) is 4.85. The normalized spacial score (nSPS) is 18.6. The van der Waals surface area contributed by atoms with Crippen LogP contribution >= 0.6 is 11.8 Å². The highest BCUT2D eigenvalue weighted by molar-refractivity contribution is 7.99. The van der Waals surface area contributed by atoms with E-state index in [-0.39, 0.29) is 35.3 Å². The Morgan fingerprint density at radius 2 is 1.82 bits per heavy atom. The topological polar surface area (TPSA) is 121 Å². The molecular weight excluding hydrogens is 532 g/mol. The first kappa shape index (κ1) is 28.1. The van der Waals surface area contributed by atoms with Crippen LogP contribution in [0.4, 0.5) is 5.69 Å². The smallest absolute Gasteiger partial charge is 0.262 e. The zero-order valence-corrected chi connectivity index (χ0v) is 23.3. The van der Waals surface area contributed by atoms with Crippen molar-refractivity contribution in [1.29, 1.82) is 0 Å². The summed E-state index contributed by atoms with van der Waals surface area (Å²) in [6.07, 6.45) is 3.67. The maximum atomic E-state index is 13.6. The van der Waals surface area contributed by atoms with Gasteiger partial charge >= 0.3 is 0 Å². The number of rotatable bonds is 11. The third-order valence-electron chi connectivity index (χ3n) is 6.89. The third-order valence-corrected chi connectivity index (χ3v) is 7.86. The summed E-state index contributed by atoms with van der Waals surface area (Å²) in [5.41, 5.74) is 1.25. The van der Waals surface area contributed by atoms with Gasteiger partial charge in [0.1, 0.15) is 5.75 Å². The highest BCUT2D eigenvalue weighted by atomic mass is 32.2. The molecule has 40 heavy (non-hydrogen) atoms. The summed E-state index contributed by atoms with van der Waals surface area (Å²) in [6, 6.07) is 12.1. The molecule has 0 bridgehead atoms. The lowest BCUT2D eigenvalue weighted by atomic mass is 10.1. The number of nitrogens with zero attached hydrogens (tertiary/aromatic N) is 2. The molecule has 2 amide bonds. The van der Waals surface area contributed by atoms with Crippen LogP contribution in [0, 0.1) is 0 Å². The zero-order valence-electron chi connectivity index (χ0n) is 22.5. The summed E-state index contributed by atoms with van der Waals surface area (Å²) >= 11 is 1.18. The van der Waals surface area contributed by atoms with Gasteiger partial charge in [-0.3, -0.25) is 19.0 Å². The number of hydrogen-bond acceptors (Lipinski definition) is 8. The largest absolute Gasteiger partial charge is 0.494 e. The summed E-state index contributed by atoms with van der Waals surface area (Å²) in [7, 11) is 0. The molecule has 0 unspecified atom stereocenters. The van der Waals surface area contributed by atoms with E-state index in [1.54, 1.807) is 47.0 Å². The van der Waals surface area contributed by atoms with Crippen molar-refractivity contribution >= 4 is 40.2 Å². The number of benzene rings is 2. The van der Waals surface area contributed by atoms with Crippen molar-refractivity contribution in [1.82, 2.24) is 14.9 Å². The number of amides is 2. The molecule has 3 heterocycles. The Morgan fingerprint density at radius 1 is 1.07 bits per heavy atom. The molecule has 0 saturated carbocycles. The van der Waals surface area contributed by atoms with Crippen molar-refractivity contribution in [3.05, 3.63) is 58.4 Å². The van der Waals surface area contributed by atoms with Gasteiger partial charge in [0.2, 0.25) is 5.91 Å². The van der Waals surface area contributed by atoms with Crippen molar-refractivity contribution in [3.8, 4) is 5.75 Å². The monoisotopic (exact) mass is 566 g/mol. The summed E-state index contributed by atoms with van der Waals surface area (Å²) in [5.74, 6) is 0.313. The van der Waals surface area contributed by atoms with Crippen molar-refractivity contribution < 1.29 is 23.8 Å². The van der Waals surface area contributed by atoms with Crippen LogP contribution in [0.25, 0.3) is 10.9 Å². The van der Waals surface area contributed by atoms with Gasteiger partial charge in [-0.25, -0.2) is 4.98 Å². The average molecular weight is 567 g/mol. The minimum atomic E-state index is -0.244. The Bertz CT molecular complexity index is 1400. The molecule has 2 aromatic carbocycles. The number of ether oxygens (including phenoxy) is 3. The summed E-state index contributed by atoms with van der Waals surface area (Å²) in [5, 5.41) is 6.60. The number of carbonyl (C=O) groups is 2. The number of carbonyl (C=O) groups excluding carboxylic acids is 2. The van der Waals surface area contributed by atoms with Gasteiger partial charge in [0, 0.05) is 31.0 Å². The van der Waals surface area contributed by atoms with E-state index in [0.29, 0.717) is 53.6 Å². The molecule has 0 radical (unpaired) electrons. The number of anilines is 1. The van der Waals surface area contributed by atoms with Gasteiger partial charge in [-0.15, -0.1) is 0 Å². The van der Waals surface area contributed by atoms with Gasteiger partial charge in [0.25, 0.3) is 11.5 Å². The van der Waals surface area contributed by atoms with Gasteiger partial charge in [-0.05, 0) is 75.1 Å². The molecule has 3 aromatic rings. The Hall–Kier alpha value is -3.41. The summed E-state index contributed by atoms with van der Waals surface area (Å²) in [4.78, 5) is 43.9. The molecule has 1 aromatic heterocycles. The van der Waals surface area contributed by atoms with Crippen LogP contribution in [0.2, 0.25) is 0 Å². The van der Waals surface area contributed by atoms with Crippen LogP contribution in [-0.2, 0) is 20.8 Å². The lowest BCUT2D eigenvalue weighted by Crippen LogP contribution is -2.32. The zero-order chi connectivity index (χ0) is 27.9. The highest BCUT2D eigenvalue weighted by Crippen LogP contribution is 2.23. The maximum absolute atomic E-state index is 13.6. The standard InChI is InChI=1S/C29H34N4O6S/c1-2-37-21-10-8-20(9-11-21)31-26(34)18-40-29-32-25-15-19(27(35)30-16-22-5-3-13-38-22)7-12-24(25)28(36)33(29)17-23-6-4-14-39-23/h7-12,15,22-23H,2-6,13-14,16-18H2,1H3,(H,30,35)(H,31,34)/t22-,23+/m1/s1.